The molecule has 118 valence electrons. The number of benzene rings is 2. The summed E-state index contributed by atoms with van der Waals surface area (Å²) in [6, 6.07) is 10.4. The summed E-state index contributed by atoms with van der Waals surface area (Å²) in [4.78, 5) is 24.1. The molecule has 1 heterocycles. The van der Waals surface area contributed by atoms with Crippen molar-refractivity contribution in [1.29, 1.82) is 0 Å². The van der Waals surface area contributed by atoms with E-state index in [1.54, 1.807) is 23.1 Å². The maximum absolute atomic E-state index is 13.6. The second kappa shape index (κ2) is 6.00. The third kappa shape index (κ3) is 2.92. The molecule has 23 heavy (non-hydrogen) atoms. The van der Waals surface area contributed by atoms with Gasteiger partial charge in [0.2, 0.25) is 5.91 Å². The average Bonchev–Trinajstić information content (AvgIpc) is 2.91. The molecule has 0 radical (unpaired) electrons. The molecule has 1 fully saturated rings. The Morgan fingerprint density at radius 1 is 1.26 bits per heavy atom. The molecule has 0 spiro atoms. The minimum Gasteiger partial charge on any atom is -0.295 e. The summed E-state index contributed by atoms with van der Waals surface area (Å²) in [5.41, 5.74) is 2.10. The van der Waals surface area contributed by atoms with E-state index in [4.69, 9.17) is 0 Å². The SMILES string of the molecule is Cc1ccc(F)cc1N1C(=O)CS[C@@H]1c1ccc([N+](=O)[O-])cc1. The fourth-order valence-electron chi connectivity index (χ4n) is 2.53. The van der Waals surface area contributed by atoms with E-state index >= 15 is 0 Å². The molecule has 3 rings (SSSR count). The minimum absolute atomic E-state index is 0.00319. The molecule has 1 atom stereocenters. The van der Waals surface area contributed by atoms with Crippen LogP contribution in [0.1, 0.15) is 16.5 Å². The number of halogens is 1. The molecule has 7 heteroatoms. The monoisotopic (exact) mass is 332 g/mol. The largest absolute Gasteiger partial charge is 0.295 e. The number of hydrogen-bond donors (Lipinski definition) is 0. The molecule has 1 saturated heterocycles. The van der Waals surface area contributed by atoms with E-state index < -0.39 is 10.7 Å². The standard InChI is InChI=1S/C16H13FN2O3S/c1-10-2-5-12(17)8-14(10)18-15(20)9-23-16(18)11-3-6-13(7-4-11)19(21)22/h2-8,16H,9H2,1H3/t16-/m1/s1. The molecule has 0 saturated carbocycles. The van der Waals surface area contributed by atoms with Gasteiger partial charge in [0.05, 0.1) is 16.4 Å². The number of anilines is 1. The van der Waals surface area contributed by atoms with Crippen LogP contribution in [0.25, 0.3) is 0 Å². The second-order valence-corrected chi connectivity index (χ2v) is 6.28. The van der Waals surface area contributed by atoms with E-state index in [1.807, 2.05) is 6.92 Å². The van der Waals surface area contributed by atoms with Crippen LogP contribution in [0.5, 0.6) is 0 Å². The lowest BCUT2D eigenvalue weighted by Gasteiger charge is -2.25. The van der Waals surface area contributed by atoms with Crippen LogP contribution in [0, 0.1) is 22.9 Å². The van der Waals surface area contributed by atoms with Crippen molar-refractivity contribution < 1.29 is 14.1 Å². The summed E-state index contributed by atoms with van der Waals surface area (Å²) < 4.78 is 13.6. The van der Waals surface area contributed by atoms with E-state index in [1.165, 1.54) is 36.0 Å². The van der Waals surface area contributed by atoms with Crippen LogP contribution >= 0.6 is 11.8 Å². The van der Waals surface area contributed by atoms with E-state index in [0.717, 1.165) is 11.1 Å². The van der Waals surface area contributed by atoms with Gasteiger partial charge in [-0.15, -0.1) is 11.8 Å². The van der Waals surface area contributed by atoms with Crippen LogP contribution in [0.4, 0.5) is 15.8 Å². The van der Waals surface area contributed by atoms with Gasteiger partial charge in [0, 0.05) is 12.1 Å². The van der Waals surface area contributed by atoms with Crippen LogP contribution in [0.15, 0.2) is 42.5 Å². The summed E-state index contributed by atoms with van der Waals surface area (Å²) in [6.07, 6.45) is 0. The van der Waals surface area contributed by atoms with E-state index in [-0.39, 0.29) is 22.7 Å². The van der Waals surface area contributed by atoms with Crippen molar-refractivity contribution >= 4 is 29.0 Å². The zero-order valence-corrected chi connectivity index (χ0v) is 13.0. The molecule has 0 N–H and O–H groups in total. The Bertz CT molecular complexity index is 779. The molecule has 1 aliphatic heterocycles. The van der Waals surface area contributed by atoms with Crippen molar-refractivity contribution in [2.75, 3.05) is 10.7 Å². The minimum atomic E-state index is -0.467. The third-order valence-corrected chi connectivity index (χ3v) is 4.90. The van der Waals surface area contributed by atoms with Gasteiger partial charge in [-0.2, -0.15) is 0 Å². The number of nitro benzene ring substituents is 1. The topological polar surface area (TPSA) is 63.5 Å². The highest BCUT2D eigenvalue weighted by Gasteiger charge is 2.35. The Hall–Kier alpha value is -2.41. The summed E-state index contributed by atoms with van der Waals surface area (Å²) in [7, 11) is 0. The maximum Gasteiger partial charge on any atom is 0.269 e. The van der Waals surface area contributed by atoms with E-state index in [9.17, 15) is 19.3 Å². The van der Waals surface area contributed by atoms with Gasteiger partial charge in [0.1, 0.15) is 11.2 Å². The van der Waals surface area contributed by atoms with E-state index in [0.29, 0.717) is 5.69 Å². The van der Waals surface area contributed by atoms with Gasteiger partial charge in [-0.25, -0.2) is 4.39 Å². The first-order valence-corrected chi connectivity index (χ1v) is 7.96. The average molecular weight is 332 g/mol. The highest BCUT2D eigenvalue weighted by molar-refractivity contribution is 8.00. The van der Waals surface area contributed by atoms with E-state index in [2.05, 4.69) is 0 Å². The lowest BCUT2D eigenvalue weighted by molar-refractivity contribution is -0.384. The number of aryl methyl sites for hydroxylation is 1. The van der Waals surface area contributed by atoms with Crippen molar-refractivity contribution in [3.05, 3.63) is 69.5 Å². The summed E-state index contributed by atoms with van der Waals surface area (Å²) in [6.45, 7) is 1.82. The van der Waals surface area contributed by atoms with Crippen LogP contribution in [-0.4, -0.2) is 16.6 Å². The van der Waals surface area contributed by atoms with Crippen LogP contribution in [-0.2, 0) is 4.79 Å². The molecule has 0 aromatic heterocycles. The molecule has 2 aromatic carbocycles. The van der Waals surface area contributed by atoms with Gasteiger partial charge >= 0.3 is 0 Å². The first kappa shape index (κ1) is 15.5. The molecule has 1 aliphatic rings. The fraction of sp³-hybridized carbons (Fsp3) is 0.188. The number of carbonyl (C=O) groups is 1. The van der Waals surface area contributed by atoms with Crippen molar-refractivity contribution in [2.24, 2.45) is 0 Å². The predicted molar refractivity (Wildman–Crippen MR) is 86.9 cm³/mol. The Morgan fingerprint density at radius 2 is 1.96 bits per heavy atom. The Morgan fingerprint density at radius 3 is 2.61 bits per heavy atom. The maximum atomic E-state index is 13.6. The van der Waals surface area contributed by atoms with Crippen molar-refractivity contribution in [2.45, 2.75) is 12.3 Å². The zero-order valence-electron chi connectivity index (χ0n) is 12.2. The number of hydrogen-bond acceptors (Lipinski definition) is 4. The summed E-state index contributed by atoms with van der Waals surface area (Å²) in [5.74, 6) is -0.220. The molecular weight excluding hydrogens is 319 g/mol. The number of nitrogens with zero attached hydrogens (tertiary/aromatic N) is 2. The number of nitro groups is 1. The number of amides is 1. The Labute approximate surface area is 136 Å². The normalized spacial score (nSPS) is 17.6. The van der Waals surface area contributed by atoms with Gasteiger partial charge in [-0.3, -0.25) is 19.8 Å². The number of non-ortho nitro benzene ring substituents is 1. The van der Waals surface area contributed by atoms with Crippen LogP contribution in [0.2, 0.25) is 0 Å². The fourth-order valence-corrected chi connectivity index (χ4v) is 3.70. The van der Waals surface area contributed by atoms with Crippen LogP contribution < -0.4 is 4.90 Å². The third-order valence-electron chi connectivity index (χ3n) is 3.69. The van der Waals surface area contributed by atoms with Crippen molar-refractivity contribution in [3.8, 4) is 0 Å². The first-order chi connectivity index (χ1) is 11.0. The van der Waals surface area contributed by atoms with Crippen LogP contribution in [0.3, 0.4) is 0 Å². The molecule has 0 aliphatic carbocycles. The Kier molecular flexibility index (Phi) is 4.04. The highest BCUT2D eigenvalue weighted by atomic mass is 32.2. The smallest absolute Gasteiger partial charge is 0.269 e. The molecular formula is C16H13FN2O3S. The molecule has 0 unspecified atom stereocenters. The summed E-state index contributed by atoms with van der Waals surface area (Å²) in [5, 5.41) is 10.4. The first-order valence-electron chi connectivity index (χ1n) is 6.91. The zero-order chi connectivity index (χ0) is 16.6. The molecule has 2 aromatic rings. The quantitative estimate of drug-likeness (QED) is 0.633. The van der Waals surface area contributed by atoms with Crippen molar-refractivity contribution in [1.82, 2.24) is 0 Å². The lowest BCUT2D eigenvalue weighted by atomic mass is 10.1. The second-order valence-electron chi connectivity index (χ2n) is 5.21. The number of carbonyl (C=O) groups excluding carboxylic acids is 1. The molecule has 0 bridgehead atoms. The van der Waals surface area contributed by atoms with Gasteiger partial charge in [0.25, 0.3) is 5.69 Å². The van der Waals surface area contributed by atoms with Crippen molar-refractivity contribution in [3.63, 3.8) is 0 Å². The lowest BCUT2D eigenvalue weighted by Crippen LogP contribution is -2.28. The van der Waals surface area contributed by atoms with Gasteiger partial charge in [0.15, 0.2) is 0 Å². The highest BCUT2D eigenvalue weighted by Crippen LogP contribution is 2.43. The Balaban J connectivity index is 1.99. The number of rotatable bonds is 3. The van der Waals surface area contributed by atoms with Gasteiger partial charge < -0.3 is 0 Å². The summed E-state index contributed by atoms with van der Waals surface area (Å²) >= 11 is 1.42. The molecule has 1 amide bonds. The van der Waals surface area contributed by atoms with Gasteiger partial charge in [-0.05, 0) is 42.3 Å². The predicted octanol–water partition coefficient (Wildman–Crippen LogP) is 3.82. The molecule has 5 nitrogen and oxygen atoms in total. The number of thioether (sulfide) groups is 1. The van der Waals surface area contributed by atoms with Gasteiger partial charge in [-0.1, -0.05) is 6.07 Å².